The Kier molecular flexibility index (Phi) is 4.60. The minimum atomic E-state index is -0.233. The summed E-state index contributed by atoms with van der Waals surface area (Å²) < 4.78 is 10.3. The number of carbonyl (C=O) groups is 1. The maximum atomic E-state index is 11.8. The standard InChI is InChI=1S/C14H20N2O3/c1-3-19-13-9-6-8-12(15-13)16-10-5-4-7-11(16)14(17)18-2/h6,8-9,11H,3-5,7,10H2,1-2H3. The predicted octanol–water partition coefficient (Wildman–Crippen LogP) is 2.01. The molecule has 0 aliphatic carbocycles. The van der Waals surface area contributed by atoms with E-state index in [-0.39, 0.29) is 12.0 Å². The van der Waals surface area contributed by atoms with Crippen molar-refractivity contribution in [1.29, 1.82) is 0 Å². The molecule has 19 heavy (non-hydrogen) atoms. The van der Waals surface area contributed by atoms with Gasteiger partial charge in [0.25, 0.3) is 0 Å². The van der Waals surface area contributed by atoms with Crippen LogP contribution < -0.4 is 9.64 Å². The Labute approximate surface area is 113 Å². The summed E-state index contributed by atoms with van der Waals surface area (Å²) in [6.07, 6.45) is 2.92. The first-order valence-electron chi connectivity index (χ1n) is 6.70. The van der Waals surface area contributed by atoms with Gasteiger partial charge in [-0.15, -0.1) is 0 Å². The Hall–Kier alpha value is -1.78. The van der Waals surface area contributed by atoms with Crippen LogP contribution in [0.1, 0.15) is 26.2 Å². The molecule has 1 aromatic heterocycles. The van der Waals surface area contributed by atoms with Crippen LogP contribution in [0.15, 0.2) is 18.2 Å². The summed E-state index contributed by atoms with van der Waals surface area (Å²) in [7, 11) is 1.43. The topological polar surface area (TPSA) is 51.7 Å². The summed E-state index contributed by atoms with van der Waals surface area (Å²) in [5.41, 5.74) is 0. The molecular weight excluding hydrogens is 244 g/mol. The molecule has 1 fully saturated rings. The van der Waals surface area contributed by atoms with Crippen molar-refractivity contribution in [2.45, 2.75) is 32.2 Å². The first-order chi connectivity index (χ1) is 9.26. The van der Waals surface area contributed by atoms with Crippen LogP contribution in [0.3, 0.4) is 0 Å². The van der Waals surface area contributed by atoms with Gasteiger partial charge in [-0.3, -0.25) is 0 Å². The molecular formula is C14H20N2O3. The van der Waals surface area contributed by atoms with E-state index in [1.165, 1.54) is 7.11 Å². The Morgan fingerprint density at radius 1 is 1.47 bits per heavy atom. The zero-order chi connectivity index (χ0) is 13.7. The summed E-state index contributed by atoms with van der Waals surface area (Å²) in [5, 5.41) is 0. The molecule has 0 saturated carbocycles. The predicted molar refractivity (Wildman–Crippen MR) is 72.4 cm³/mol. The van der Waals surface area contributed by atoms with E-state index in [9.17, 15) is 4.79 Å². The number of anilines is 1. The van der Waals surface area contributed by atoms with Gasteiger partial charge in [0.1, 0.15) is 11.9 Å². The molecule has 0 spiro atoms. The summed E-state index contributed by atoms with van der Waals surface area (Å²) in [5.74, 6) is 1.18. The Bertz CT molecular complexity index is 436. The Balaban J connectivity index is 2.21. The molecule has 2 rings (SSSR count). The second-order valence-corrected chi connectivity index (χ2v) is 4.50. The smallest absolute Gasteiger partial charge is 0.328 e. The minimum Gasteiger partial charge on any atom is -0.478 e. The molecule has 1 saturated heterocycles. The highest BCUT2D eigenvalue weighted by Gasteiger charge is 2.30. The molecule has 0 amide bonds. The number of methoxy groups -OCH3 is 1. The van der Waals surface area contributed by atoms with Crippen molar-refractivity contribution in [3.63, 3.8) is 0 Å². The zero-order valence-corrected chi connectivity index (χ0v) is 11.5. The highest BCUT2D eigenvalue weighted by molar-refractivity contribution is 5.79. The molecule has 1 atom stereocenters. The monoisotopic (exact) mass is 264 g/mol. The van der Waals surface area contributed by atoms with E-state index in [2.05, 4.69) is 4.98 Å². The largest absolute Gasteiger partial charge is 0.478 e. The van der Waals surface area contributed by atoms with Crippen LogP contribution in [-0.4, -0.2) is 37.3 Å². The zero-order valence-electron chi connectivity index (χ0n) is 11.5. The molecule has 0 aromatic carbocycles. The van der Waals surface area contributed by atoms with E-state index in [1.54, 1.807) is 0 Å². The molecule has 0 radical (unpaired) electrons. The van der Waals surface area contributed by atoms with Crippen LogP contribution in [0.4, 0.5) is 5.82 Å². The number of piperidine rings is 1. The van der Waals surface area contributed by atoms with Gasteiger partial charge in [0, 0.05) is 12.6 Å². The van der Waals surface area contributed by atoms with E-state index < -0.39 is 0 Å². The second-order valence-electron chi connectivity index (χ2n) is 4.50. The average Bonchev–Trinajstić information content (AvgIpc) is 2.47. The van der Waals surface area contributed by atoms with Crippen LogP contribution >= 0.6 is 0 Å². The van der Waals surface area contributed by atoms with Gasteiger partial charge < -0.3 is 14.4 Å². The third-order valence-corrected chi connectivity index (χ3v) is 3.27. The number of aromatic nitrogens is 1. The minimum absolute atomic E-state index is 0.191. The van der Waals surface area contributed by atoms with Gasteiger partial charge in [-0.05, 0) is 32.3 Å². The van der Waals surface area contributed by atoms with Crippen LogP contribution in [0.25, 0.3) is 0 Å². The lowest BCUT2D eigenvalue weighted by Crippen LogP contribution is -2.45. The van der Waals surface area contributed by atoms with E-state index >= 15 is 0 Å². The molecule has 0 bridgehead atoms. The molecule has 0 N–H and O–H groups in total. The van der Waals surface area contributed by atoms with Crippen molar-refractivity contribution in [1.82, 2.24) is 4.98 Å². The maximum absolute atomic E-state index is 11.8. The average molecular weight is 264 g/mol. The van der Waals surface area contributed by atoms with Gasteiger partial charge >= 0.3 is 5.97 Å². The van der Waals surface area contributed by atoms with Crippen LogP contribution in [0.5, 0.6) is 5.88 Å². The van der Waals surface area contributed by atoms with Crippen molar-refractivity contribution in [2.24, 2.45) is 0 Å². The van der Waals surface area contributed by atoms with Gasteiger partial charge in [-0.2, -0.15) is 4.98 Å². The number of carbonyl (C=O) groups excluding carboxylic acids is 1. The van der Waals surface area contributed by atoms with Crippen molar-refractivity contribution >= 4 is 11.8 Å². The number of hydrogen-bond donors (Lipinski definition) is 0. The lowest BCUT2D eigenvalue weighted by Gasteiger charge is -2.34. The van der Waals surface area contributed by atoms with Crippen LogP contribution in [0.2, 0.25) is 0 Å². The highest BCUT2D eigenvalue weighted by Crippen LogP contribution is 2.25. The van der Waals surface area contributed by atoms with Crippen molar-refractivity contribution < 1.29 is 14.3 Å². The number of esters is 1. The first kappa shape index (κ1) is 13.6. The number of ether oxygens (including phenoxy) is 2. The number of nitrogens with zero attached hydrogens (tertiary/aromatic N) is 2. The van der Waals surface area contributed by atoms with E-state index in [1.807, 2.05) is 30.0 Å². The lowest BCUT2D eigenvalue weighted by molar-refractivity contribution is -0.142. The first-order valence-corrected chi connectivity index (χ1v) is 6.70. The molecule has 1 unspecified atom stereocenters. The molecule has 5 heteroatoms. The fraction of sp³-hybridized carbons (Fsp3) is 0.571. The molecule has 2 heterocycles. The van der Waals surface area contributed by atoms with Gasteiger partial charge in [0.05, 0.1) is 13.7 Å². The fourth-order valence-electron chi connectivity index (χ4n) is 2.38. The van der Waals surface area contributed by atoms with Gasteiger partial charge in [-0.25, -0.2) is 4.79 Å². The van der Waals surface area contributed by atoms with Gasteiger partial charge in [-0.1, -0.05) is 6.07 Å². The Morgan fingerprint density at radius 2 is 2.32 bits per heavy atom. The van der Waals surface area contributed by atoms with Crippen molar-refractivity contribution in [2.75, 3.05) is 25.2 Å². The van der Waals surface area contributed by atoms with Crippen molar-refractivity contribution in [3.8, 4) is 5.88 Å². The molecule has 1 aromatic rings. The normalized spacial score (nSPS) is 19.1. The molecule has 1 aliphatic heterocycles. The van der Waals surface area contributed by atoms with Crippen LogP contribution in [-0.2, 0) is 9.53 Å². The highest BCUT2D eigenvalue weighted by atomic mass is 16.5. The summed E-state index contributed by atoms with van der Waals surface area (Å²) in [4.78, 5) is 18.3. The van der Waals surface area contributed by atoms with Crippen LogP contribution in [0, 0.1) is 0 Å². The van der Waals surface area contributed by atoms with E-state index in [4.69, 9.17) is 9.47 Å². The second kappa shape index (κ2) is 6.41. The van der Waals surface area contributed by atoms with E-state index in [0.29, 0.717) is 12.5 Å². The quantitative estimate of drug-likeness (QED) is 0.779. The summed E-state index contributed by atoms with van der Waals surface area (Å²) >= 11 is 0. The van der Waals surface area contributed by atoms with Crippen molar-refractivity contribution in [3.05, 3.63) is 18.2 Å². The third-order valence-electron chi connectivity index (χ3n) is 3.27. The molecule has 5 nitrogen and oxygen atoms in total. The maximum Gasteiger partial charge on any atom is 0.328 e. The lowest BCUT2D eigenvalue weighted by atomic mass is 10.0. The third kappa shape index (κ3) is 3.16. The Morgan fingerprint density at radius 3 is 3.05 bits per heavy atom. The molecule has 104 valence electrons. The summed E-state index contributed by atoms with van der Waals surface area (Å²) in [6, 6.07) is 5.40. The number of rotatable bonds is 4. The number of pyridine rings is 1. The molecule has 1 aliphatic rings. The van der Waals surface area contributed by atoms with Gasteiger partial charge in [0.15, 0.2) is 0 Å². The number of hydrogen-bond acceptors (Lipinski definition) is 5. The SMILES string of the molecule is CCOc1cccc(N2CCCCC2C(=O)OC)n1. The van der Waals surface area contributed by atoms with E-state index in [0.717, 1.165) is 31.6 Å². The summed E-state index contributed by atoms with van der Waals surface area (Å²) in [6.45, 7) is 3.33. The fourth-order valence-corrected chi connectivity index (χ4v) is 2.38. The van der Waals surface area contributed by atoms with Gasteiger partial charge in [0.2, 0.25) is 5.88 Å².